The fourth-order valence-electron chi connectivity index (χ4n) is 2.96. The molecule has 152 valence electrons. The van der Waals surface area contributed by atoms with Gasteiger partial charge in [-0.3, -0.25) is 14.5 Å². The summed E-state index contributed by atoms with van der Waals surface area (Å²) in [6, 6.07) is 10.2. The van der Waals surface area contributed by atoms with Gasteiger partial charge in [-0.05, 0) is 47.1 Å². The molecule has 2 aromatic rings. The number of aliphatic carboxylic acids is 1. The Morgan fingerprint density at radius 1 is 1.17 bits per heavy atom. The molecule has 1 fully saturated rings. The zero-order valence-corrected chi connectivity index (χ0v) is 18.2. The van der Waals surface area contributed by atoms with Crippen molar-refractivity contribution in [2.24, 2.45) is 5.73 Å². The molecule has 1 aromatic carbocycles. The first-order valence-corrected chi connectivity index (χ1v) is 11.4. The zero-order valence-electron chi connectivity index (χ0n) is 15.8. The maximum absolute atomic E-state index is 12.7. The first-order chi connectivity index (χ1) is 14.0. The largest absolute Gasteiger partial charge is 0.481 e. The van der Waals surface area contributed by atoms with Crippen molar-refractivity contribution in [1.29, 1.82) is 0 Å². The third-order valence-corrected chi connectivity index (χ3v) is 6.82. The van der Waals surface area contributed by atoms with Gasteiger partial charge in [-0.25, -0.2) is 0 Å². The number of carboxylic acids is 1. The normalized spacial score (nSPS) is 15.5. The SMILES string of the molecule is NCc1ccc(-c2csc(/C=C3\SC(=S)N(CCCCCC(=O)O)C3=O)c2)cc1. The lowest BCUT2D eigenvalue weighted by Crippen LogP contribution is -2.29. The molecule has 1 aliphatic rings. The molecule has 1 aliphatic heterocycles. The molecule has 0 spiro atoms. The van der Waals surface area contributed by atoms with Gasteiger partial charge < -0.3 is 10.8 Å². The van der Waals surface area contributed by atoms with Crippen molar-refractivity contribution in [1.82, 2.24) is 4.90 Å². The van der Waals surface area contributed by atoms with Gasteiger partial charge >= 0.3 is 5.97 Å². The van der Waals surface area contributed by atoms with Crippen LogP contribution in [0.4, 0.5) is 0 Å². The molecule has 0 aliphatic carbocycles. The van der Waals surface area contributed by atoms with Crippen LogP contribution in [0.1, 0.15) is 36.1 Å². The third-order valence-electron chi connectivity index (χ3n) is 4.56. The second-order valence-corrected chi connectivity index (χ2v) is 9.30. The number of hydrogen-bond acceptors (Lipinski definition) is 6. The first-order valence-electron chi connectivity index (χ1n) is 9.33. The van der Waals surface area contributed by atoms with Crippen LogP contribution in [-0.2, 0) is 16.1 Å². The number of thiocarbonyl (C=S) groups is 1. The van der Waals surface area contributed by atoms with Crippen LogP contribution in [0.2, 0.25) is 0 Å². The predicted octanol–water partition coefficient (Wildman–Crippen LogP) is 4.72. The highest BCUT2D eigenvalue weighted by Gasteiger charge is 2.31. The van der Waals surface area contributed by atoms with E-state index in [1.165, 1.54) is 11.8 Å². The molecule has 1 aromatic heterocycles. The second-order valence-electron chi connectivity index (χ2n) is 6.68. The number of hydrogen-bond donors (Lipinski definition) is 2. The van der Waals surface area contributed by atoms with Crippen molar-refractivity contribution >= 4 is 57.6 Å². The van der Waals surface area contributed by atoms with Crippen LogP contribution < -0.4 is 5.73 Å². The summed E-state index contributed by atoms with van der Waals surface area (Å²) in [6.45, 7) is 1.06. The molecule has 3 N–H and O–H groups in total. The summed E-state index contributed by atoms with van der Waals surface area (Å²) < 4.78 is 0.564. The number of rotatable bonds is 9. The van der Waals surface area contributed by atoms with E-state index in [0.717, 1.165) is 34.4 Å². The van der Waals surface area contributed by atoms with E-state index in [0.29, 0.717) is 28.7 Å². The Kier molecular flexibility index (Phi) is 7.60. The van der Waals surface area contributed by atoms with Crippen molar-refractivity contribution < 1.29 is 14.7 Å². The molecule has 0 unspecified atom stereocenters. The average molecular weight is 447 g/mol. The molecule has 3 rings (SSSR count). The highest BCUT2D eigenvalue weighted by Crippen LogP contribution is 2.35. The summed E-state index contributed by atoms with van der Waals surface area (Å²) in [5, 5.41) is 10.8. The molecule has 0 saturated carbocycles. The number of carbonyl (C=O) groups excluding carboxylic acids is 1. The third kappa shape index (κ3) is 5.76. The van der Waals surface area contributed by atoms with Gasteiger partial charge in [-0.1, -0.05) is 54.7 Å². The number of unbranched alkanes of at least 4 members (excludes halogenated alkanes) is 2. The van der Waals surface area contributed by atoms with Crippen LogP contribution in [0, 0.1) is 0 Å². The van der Waals surface area contributed by atoms with Gasteiger partial charge in [0.15, 0.2) is 0 Å². The van der Waals surface area contributed by atoms with Crippen molar-refractivity contribution in [3.63, 3.8) is 0 Å². The van der Waals surface area contributed by atoms with Crippen LogP contribution >= 0.6 is 35.3 Å². The summed E-state index contributed by atoms with van der Waals surface area (Å²) >= 11 is 8.27. The van der Waals surface area contributed by atoms with Gasteiger partial charge in [0.1, 0.15) is 4.32 Å². The van der Waals surface area contributed by atoms with E-state index in [2.05, 4.69) is 23.6 Å². The highest BCUT2D eigenvalue weighted by atomic mass is 32.2. The second kappa shape index (κ2) is 10.2. The van der Waals surface area contributed by atoms with E-state index in [4.69, 9.17) is 23.1 Å². The number of nitrogens with zero attached hydrogens (tertiary/aromatic N) is 1. The summed E-state index contributed by atoms with van der Waals surface area (Å²) in [5.74, 6) is -0.857. The van der Waals surface area contributed by atoms with Gasteiger partial charge in [-0.2, -0.15) is 0 Å². The van der Waals surface area contributed by atoms with E-state index < -0.39 is 5.97 Å². The number of thioether (sulfide) groups is 1. The smallest absolute Gasteiger partial charge is 0.303 e. The van der Waals surface area contributed by atoms with Crippen molar-refractivity contribution in [2.45, 2.75) is 32.2 Å². The van der Waals surface area contributed by atoms with E-state index in [-0.39, 0.29) is 12.3 Å². The number of amides is 1. The van der Waals surface area contributed by atoms with E-state index in [1.807, 2.05) is 18.2 Å². The molecule has 2 heterocycles. The highest BCUT2D eigenvalue weighted by molar-refractivity contribution is 8.26. The van der Waals surface area contributed by atoms with Crippen LogP contribution in [-0.4, -0.2) is 32.7 Å². The molecular formula is C21H22N2O3S3. The molecule has 5 nitrogen and oxygen atoms in total. The van der Waals surface area contributed by atoms with Crippen molar-refractivity contribution in [3.05, 3.63) is 51.1 Å². The fraction of sp³-hybridized carbons (Fsp3) is 0.286. The Balaban J connectivity index is 1.62. The number of carboxylic acid groups (broad SMARTS) is 1. The predicted molar refractivity (Wildman–Crippen MR) is 124 cm³/mol. The first kappa shape index (κ1) is 21.7. The Labute approximate surface area is 183 Å². The molecule has 1 amide bonds. The number of thiophene rings is 1. The monoisotopic (exact) mass is 446 g/mol. The van der Waals surface area contributed by atoms with Crippen LogP contribution in [0.3, 0.4) is 0 Å². The standard InChI is InChI=1S/C21H22N2O3S3/c22-12-14-5-7-15(8-6-14)16-10-17(28-13-16)11-18-20(26)23(21(27)29-18)9-3-1-2-4-19(24)25/h5-8,10-11,13H,1-4,9,12,22H2,(H,24,25)/b18-11-. The quantitative estimate of drug-likeness (QED) is 0.329. The Bertz CT molecular complexity index is 935. The van der Waals surface area contributed by atoms with Gasteiger partial charge in [0, 0.05) is 24.4 Å². The van der Waals surface area contributed by atoms with E-state index >= 15 is 0 Å². The van der Waals surface area contributed by atoms with Crippen LogP contribution in [0.5, 0.6) is 0 Å². The molecule has 0 bridgehead atoms. The van der Waals surface area contributed by atoms with Crippen LogP contribution in [0.15, 0.2) is 40.6 Å². The summed E-state index contributed by atoms with van der Waals surface area (Å²) in [7, 11) is 0. The zero-order chi connectivity index (χ0) is 20.8. The minimum atomic E-state index is -0.788. The van der Waals surface area contributed by atoms with Crippen molar-refractivity contribution in [2.75, 3.05) is 6.54 Å². The maximum atomic E-state index is 12.7. The minimum Gasteiger partial charge on any atom is -0.481 e. The Hall–Kier alpha value is -2.00. The molecule has 29 heavy (non-hydrogen) atoms. The van der Waals surface area contributed by atoms with Crippen molar-refractivity contribution in [3.8, 4) is 11.1 Å². The Morgan fingerprint density at radius 2 is 1.93 bits per heavy atom. The van der Waals surface area contributed by atoms with Crippen LogP contribution in [0.25, 0.3) is 17.2 Å². The average Bonchev–Trinajstić information content (AvgIpc) is 3.27. The van der Waals surface area contributed by atoms with Gasteiger partial charge in [-0.15, -0.1) is 11.3 Å². The van der Waals surface area contributed by atoms with Gasteiger partial charge in [0.25, 0.3) is 5.91 Å². The lowest BCUT2D eigenvalue weighted by molar-refractivity contribution is -0.137. The lowest BCUT2D eigenvalue weighted by atomic mass is 10.1. The summed E-state index contributed by atoms with van der Waals surface area (Å²) in [4.78, 5) is 26.5. The van der Waals surface area contributed by atoms with Gasteiger partial charge in [0.05, 0.1) is 4.91 Å². The lowest BCUT2D eigenvalue weighted by Gasteiger charge is -2.13. The number of nitrogens with two attached hydrogens (primary N) is 1. The molecule has 0 radical (unpaired) electrons. The molecular weight excluding hydrogens is 424 g/mol. The molecule has 1 saturated heterocycles. The maximum Gasteiger partial charge on any atom is 0.303 e. The number of carbonyl (C=O) groups is 2. The van der Waals surface area contributed by atoms with Gasteiger partial charge in [0.2, 0.25) is 0 Å². The topological polar surface area (TPSA) is 83.6 Å². The molecule has 8 heteroatoms. The van der Waals surface area contributed by atoms with E-state index in [1.54, 1.807) is 16.2 Å². The van der Waals surface area contributed by atoms with E-state index in [9.17, 15) is 9.59 Å². The minimum absolute atomic E-state index is 0.0690. The molecule has 0 atom stereocenters. The number of benzene rings is 1. The summed E-state index contributed by atoms with van der Waals surface area (Å²) in [5.41, 5.74) is 8.97. The fourth-order valence-corrected chi connectivity index (χ4v) is 5.18. The summed E-state index contributed by atoms with van der Waals surface area (Å²) in [6.07, 6.45) is 4.18. The Morgan fingerprint density at radius 3 is 2.62 bits per heavy atom.